The predicted molar refractivity (Wildman–Crippen MR) is 63.3 cm³/mol. The molecule has 2 aliphatic carbocycles. The third-order valence-electron chi connectivity index (χ3n) is 4.12. The van der Waals surface area contributed by atoms with Gasteiger partial charge >= 0.3 is 5.91 Å². The summed E-state index contributed by atoms with van der Waals surface area (Å²) < 4.78 is 4.94. The molecule has 1 aromatic heterocycles. The van der Waals surface area contributed by atoms with Gasteiger partial charge in [0.1, 0.15) is 0 Å². The minimum atomic E-state index is -0.420. The van der Waals surface area contributed by atoms with E-state index in [0.29, 0.717) is 11.8 Å². The average Bonchev–Trinajstić information content (AvgIpc) is 3.09. The van der Waals surface area contributed by atoms with Gasteiger partial charge in [-0.25, -0.2) is 0 Å². The Balaban J connectivity index is 1.51. The van der Waals surface area contributed by atoms with Crippen LogP contribution in [0.2, 0.25) is 0 Å². The second-order valence-corrected chi connectivity index (χ2v) is 5.20. The summed E-state index contributed by atoms with van der Waals surface area (Å²) in [5.41, 5.74) is 4.89. The Morgan fingerprint density at radius 3 is 2.72 bits per heavy atom. The standard InChI is InChI=1S/C13H16N2O3/c16-12(10-7-8-3-4-9(10)6-8)14-15-13(17)11-2-1-5-18-11/h1-2,5,8-10H,3-4,6-7H2,(H,14,16)(H,15,17). The van der Waals surface area contributed by atoms with Crippen molar-refractivity contribution in [2.45, 2.75) is 25.7 Å². The summed E-state index contributed by atoms with van der Waals surface area (Å²) >= 11 is 0. The van der Waals surface area contributed by atoms with Crippen LogP contribution in [0.4, 0.5) is 0 Å². The Labute approximate surface area is 105 Å². The van der Waals surface area contributed by atoms with Gasteiger partial charge in [-0.3, -0.25) is 20.4 Å². The molecule has 0 radical (unpaired) electrons. The SMILES string of the molecule is O=C(NNC(=O)C1CC2CCC1C2)c1ccco1. The van der Waals surface area contributed by atoms with Gasteiger partial charge in [0.15, 0.2) is 5.76 Å². The number of hydrazine groups is 1. The quantitative estimate of drug-likeness (QED) is 0.779. The number of amides is 2. The molecule has 0 spiro atoms. The Morgan fingerprint density at radius 2 is 2.11 bits per heavy atom. The van der Waals surface area contributed by atoms with Gasteiger partial charge in [-0.15, -0.1) is 0 Å². The van der Waals surface area contributed by atoms with Crippen molar-refractivity contribution in [2.24, 2.45) is 17.8 Å². The summed E-state index contributed by atoms with van der Waals surface area (Å²) in [6.45, 7) is 0. The number of carbonyl (C=O) groups excluding carboxylic acids is 2. The van der Waals surface area contributed by atoms with Crippen molar-refractivity contribution in [3.8, 4) is 0 Å². The highest BCUT2D eigenvalue weighted by Gasteiger charge is 2.43. The van der Waals surface area contributed by atoms with Crippen molar-refractivity contribution in [3.63, 3.8) is 0 Å². The molecule has 0 saturated heterocycles. The topological polar surface area (TPSA) is 71.3 Å². The molecular weight excluding hydrogens is 232 g/mol. The maximum Gasteiger partial charge on any atom is 0.305 e. The van der Waals surface area contributed by atoms with Crippen LogP contribution in [0.5, 0.6) is 0 Å². The zero-order valence-corrected chi connectivity index (χ0v) is 10.0. The van der Waals surface area contributed by atoms with Gasteiger partial charge in [0.25, 0.3) is 0 Å². The van der Waals surface area contributed by atoms with E-state index in [1.807, 2.05) is 0 Å². The summed E-state index contributed by atoms with van der Waals surface area (Å²) in [6.07, 6.45) is 5.96. The lowest BCUT2D eigenvalue weighted by molar-refractivity contribution is -0.127. The number of hydrogen-bond acceptors (Lipinski definition) is 3. The average molecular weight is 248 g/mol. The van der Waals surface area contributed by atoms with Crippen LogP contribution in [0.25, 0.3) is 0 Å². The lowest BCUT2D eigenvalue weighted by Crippen LogP contribution is -2.45. The molecule has 96 valence electrons. The highest BCUT2D eigenvalue weighted by Crippen LogP contribution is 2.48. The largest absolute Gasteiger partial charge is 0.459 e. The first-order chi connectivity index (χ1) is 8.74. The first-order valence-corrected chi connectivity index (χ1v) is 6.37. The molecule has 2 fully saturated rings. The molecule has 1 heterocycles. The van der Waals surface area contributed by atoms with Crippen LogP contribution in [0.15, 0.2) is 22.8 Å². The van der Waals surface area contributed by atoms with E-state index in [1.165, 1.54) is 19.1 Å². The van der Waals surface area contributed by atoms with Gasteiger partial charge in [0.2, 0.25) is 5.91 Å². The molecule has 0 aromatic carbocycles. The molecule has 1 aromatic rings. The molecule has 3 unspecified atom stereocenters. The molecule has 5 heteroatoms. The highest BCUT2D eigenvalue weighted by atomic mass is 16.3. The minimum absolute atomic E-state index is 0.0675. The van der Waals surface area contributed by atoms with Gasteiger partial charge in [0, 0.05) is 5.92 Å². The van der Waals surface area contributed by atoms with E-state index in [0.717, 1.165) is 12.8 Å². The fraction of sp³-hybridized carbons (Fsp3) is 0.538. The van der Waals surface area contributed by atoms with Crippen molar-refractivity contribution in [2.75, 3.05) is 0 Å². The van der Waals surface area contributed by atoms with Crippen molar-refractivity contribution in [1.29, 1.82) is 0 Å². The Hall–Kier alpha value is -1.78. The molecular formula is C13H16N2O3. The summed E-state index contributed by atoms with van der Waals surface area (Å²) in [5.74, 6) is 1.00. The molecule has 2 N–H and O–H groups in total. The minimum Gasteiger partial charge on any atom is -0.459 e. The Bertz CT molecular complexity index is 455. The van der Waals surface area contributed by atoms with E-state index in [1.54, 1.807) is 12.1 Å². The van der Waals surface area contributed by atoms with Crippen LogP contribution in [0.3, 0.4) is 0 Å². The van der Waals surface area contributed by atoms with Gasteiger partial charge < -0.3 is 4.42 Å². The highest BCUT2D eigenvalue weighted by molar-refractivity contribution is 5.93. The van der Waals surface area contributed by atoms with E-state index in [4.69, 9.17) is 4.42 Å². The van der Waals surface area contributed by atoms with Crippen molar-refractivity contribution in [1.82, 2.24) is 10.9 Å². The summed E-state index contributed by atoms with van der Waals surface area (Å²) in [5, 5.41) is 0. The maximum atomic E-state index is 12.0. The summed E-state index contributed by atoms with van der Waals surface area (Å²) in [7, 11) is 0. The van der Waals surface area contributed by atoms with Crippen LogP contribution in [0, 0.1) is 17.8 Å². The smallest absolute Gasteiger partial charge is 0.305 e. The first kappa shape index (κ1) is 11.3. The summed E-state index contributed by atoms with van der Waals surface area (Å²) in [6, 6.07) is 3.19. The number of carbonyl (C=O) groups is 2. The van der Waals surface area contributed by atoms with Crippen LogP contribution in [-0.4, -0.2) is 11.8 Å². The first-order valence-electron chi connectivity index (χ1n) is 6.37. The van der Waals surface area contributed by atoms with E-state index < -0.39 is 5.91 Å². The van der Waals surface area contributed by atoms with Gasteiger partial charge in [-0.2, -0.15) is 0 Å². The molecule has 2 bridgehead atoms. The van der Waals surface area contributed by atoms with E-state index >= 15 is 0 Å². The van der Waals surface area contributed by atoms with Crippen LogP contribution in [-0.2, 0) is 4.79 Å². The molecule has 0 aliphatic heterocycles. The number of nitrogens with one attached hydrogen (secondary N) is 2. The number of rotatable bonds is 2. The monoisotopic (exact) mass is 248 g/mol. The van der Waals surface area contributed by atoms with Crippen LogP contribution < -0.4 is 10.9 Å². The number of furan rings is 1. The third kappa shape index (κ3) is 2.00. The second-order valence-electron chi connectivity index (χ2n) is 5.20. The lowest BCUT2D eigenvalue weighted by Gasteiger charge is -2.20. The van der Waals surface area contributed by atoms with Crippen molar-refractivity contribution >= 4 is 11.8 Å². The predicted octanol–water partition coefficient (Wildman–Crippen LogP) is 1.48. The fourth-order valence-electron chi connectivity index (χ4n) is 3.25. The zero-order chi connectivity index (χ0) is 12.5. The molecule has 3 rings (SSSR count). The molecule has 2 amide bonds. The number of fused-ring (bicyclic) bond motifs is 2. The van der Waals surface area contributed by atoms with Gasteiger partial charge in [0.05, 0.1) is 6.26 Å². The molecule has 2 aliphatic rings. The number of hydrogen-bond donors (Lipinski definition) is 2. The van der Waals surface area contributed by atoms with E-state index in [2.05, 4.69) is 10.9 Å². The second kappa shape index (κ2) is 4.48. The lowest BCUT2D eigenvalue weighted by atomic mass is 9.88. The molecule has 18 heavy (non-hydrogen) atoms. The van der Waals surface area contributed by atoms with Crippen molar-refractivity contribution in [3.05, 3.63) is 24.2 Å². The van der Waals surface area contributed by atoms with Crippen molar-refractivity contribution < 1.29 is 14.0 Å². The fourth-order valence-corrected chi connectivity index (χ4v) is 3.25. The maximum absolute atomic E-state index is 12.0. The zero-order valence-electron chi connectivity index (χ0n) is 10.0. The third-order valence-corrected chi connectivity index (χ3v) is 4.12. The van der Waals surface area contributed by atoms with E-state index in [9.17, 15) is 9.59 Å². The van der Waals surface area contributed by atoms with Crippen LogP contribution >= 0.6 is 0 Å². The van der Waals surface area contributed by atoms with Gasteiger partial charge in [-0.1, -0.05) is 6.42 Å². The van der Waals surface area contributed by atoms with Crippen LogP contribution in [0.1, 0.15) is 36.2 Å². The Morgan fingerprint density at radius 1 is 1.22 bits per heavy atom. The molecule has 3 atom stereocenters. The van der Waals surface area contributed by atoms with Gasteiger partial charge in [-0.05, 0) is 43.2 Å². The van der Waals surface area contributed by atoms with E-state index in [-0.39, 0.29) is 17.6 Å². The normalized spacial score (nSPS) is 29.2. The molecule has 2 saturated carbocycles. The molecule has 5 nitrogen and oxygen atoms in total. The summed E-state index contributed by atoms with van der Waals surface area (Å²) in [4.78, 5) is 23.5. The Kier molecular flexibility index (Phi) is 2.81.